The van der Waals surface area contributed by atoms with Crippen molar-refractivity contribution < 1.29 is 9.59 Å². The number of amides is 2. The first kappa shape index (κ1) is 20.0. The molecular formula is C22H22N8O2S. The van der Waals surface area contributed by atoms with Crippen molar-refractivity contribution in [3.05, 3.63) is 36.3 Å². The lowest BCUT2D eigenvalue weighted by Crippen LogP contribution is -2.46. The average Bonchev–Trinajstić information content (AvgIpc) is 3.52. The number of carbonyl (C=O) groups is 2. The number of anilines is 2. The Morgan fingerprint density at radius 3 is 2.73 bits per heavy atom. The molecule has 2 saturated heterocycles. The highest BCUT2D eigenvalue weighted by molar-refractivity contribution is 7.13. The molecule has 0 saturated carbocycles. The van der Waals surface area contributed by atoms with Crippen molar-refractivity contribution in [2.45, 2.75) is 19.3 Å². The standard InChI is InChI=1S/C22H22N8O2S/c1-29-9-4-22(21(29)32)5-10-30(11-6-22)20(31)16-14-3-2-13(12-15(14)33-28-16)25-19-17-18(26-27-19)24-8-7-23-17/h2-3,7-8,12H,4-6,9-11H2,1H3,(H2,24,25,26,27). The predicted molar refractivity (Wildman–Crippen MR) is 124 cm³/mol. The first-order chi connectivity index (χ1) is 16.0. The van der Waals surface area contributed by atoms with Crippen LogP contribution in [0.15, 0.2) is 30.6 Å². The summed E-state index contributed by atoms with van der Waals surface area (Å²) in [6.07, 6.45) is 5.55. The van der Waals surface area contributed by atoms with Crippen molar-refractivity contribution in [1.82, 2.24) is 34.3 Å². The van der Waals surface area contributed by atoms with Gasteiger partial charge in [-0.25, -0.2) is 9.97 Å². The van der Waals surface area contributed by atoms with Crippen LogP contribution in [-0.4, -0.2) is 72.8 Å². The monoisotopic (exact) mass is 462 g/mol. The summed E-state index contributed by atoms with van der Waals surface area (Å²) in [5.74, 6) is 0.822. The Morgan fingerprint density at radius 2 is 1.94 bits per heavy atom. The fourth-order valence-corrected chi connectivity index (χ4v) is 5.71. The Morgan fingerprint density at radius 1 is 1.15 bits per heavy atom. The van der Waals surface area contributed by atoms with Crippen molar-refractivity contribution in [3.8, 4) is 0 Å². The second kappa shape index (κ2) is 7.48. The van der Waals surface area contributed by atoms with Crippen molar-refractivity contribution in [3.63, 3.8) is 0 Å². The molecule has 4 aromatic rings. The normalized spacial score (nSPS) is 18.0. The number of nitrogens with one attached hydrogen (secondary N) is 2. The highest BCUT2D eigenvalue weighted by Crippen LogP contribution is 2.41. The number of benzene rings is 1. The lowest BCUT2D eigenvalue weighted by Gasteiger charge is -2.37. The number of aromatic amines is 1. The maximum Gasteiger partial charge on any atom is 0.274 e. The number of hydrogen-bond donors (Lipinski definition) is 2. The van der Waals surface area contributed by atoms with Gasteiger partial charge in [0.15, 0.2) is 11.3 Å². The van der Waals surface area contributed by atoms with E-state index < -0.39 is 0 Å². The van der Waals surface area contributed by atoms with Gasteiger partial charge in [-0.15, -0.1) is 0 Å². The average molecular weight is 463 g/mol. The van der Waals surface area contributed by atoms with E-state index in [1.54, 1.807) is 12.4 Å². The van der Waals surface area contributed by atoms with Gasteiger partial charge in [0.05, 0.1) is 10.1 Å². The summed E-state index contributed by atoms with van der Waals surface area (Å²) in [5, 5.41) is 11.2. The number of hydrogen-bond acceptors (Lipinski definition) is 8. The molecule has 0 unspecified atom stereocenters. The minimum Gasteiger partial charge on any atom is -0.345 e. The summed E-state index contributed by atoms with van der Waals surface area (Å²) in [6.45, 7) is 1.98. The van der Waals surface area contributed by atoms with Gasteiger partial charge in [-0.2, -0.15) is 9.47 Å². The molecule has 5 heterocycles. The van der Waals surface area contributed by atoms with Gasteiger partial charge >= 0.3 is 0 Å². The van der Waals surface area contributed by atoms with Gasteiger partial charge in [0.2, 0.25) is 11.6 Å². The molecule has 33 heavy (non-hydrogen) atoms. The van der Waals surface area contributed by atoms with Gasteiger partial charge in [0.1, 0.15) is 5.69 Å². The molecule has 1 spiro atoms. The Kier molecular flexibility index (Phi) is 4.54. The molecule has 3 aromatic heterocycles. The predicted octanol–water partition coefficient (Wildman–Crippen LogP) is 2.79. The van der Waals surface area contributed by atoms with Crippen LogP contribution in [0.3, 0.4) is 0 Å². The molecule has 2 fully saturated rings. The summed E-state index contributed by atoms with van der Waals surface area (Å²) < 4.78 is 5.40. The maximum atomic E-state index is 13.2. The van der Waals surface area contributed by atoms with E-state index in [4.69, 9.17) is 0 Å². The molecule has 6 rings (SSSR count). The topological polar surface area (TPSA) is 120 Å². The number of fused-ring (bicyclic) bond motifs is 2. The summed E-state index contributed by atoms with van der Waals surface area (Å²) in [4.78, 5) is 38.0. The zero-order valence-corrected chi connectivity index (χ0v) is 18.9. The van der Waals surface area contributed by atoms with Crippen LogP contribution in [0.25, 0.3) is 21.3 Å². The van der Waals surface area contributed by atoms with E-state index >= 15 is 0 Å². The van der Waals surface area contributed by atoms with Gasteiger partial charge in [-0.05, 0) is 49.0 Å². The quantitative estimate of drug-likeness (QED) is 0.480. The second-order valence-electron chi connectivity index (χ2n) is 8.74. The van der Waals surface area contributed by atoms with Crippen LogP contribution in [-0.2, 0) is 4.79 Å². The molecule has 168 valence electrons. The van der Waals surface area contributed by atoms with Crippen LogP contribution < -0.4 is 5.32 Å². The third-order valence-electron chi connectivity index (χ3n) is 6.87. The van der Waals surface area contributed by atoms with Crippen LogP contribution in [0.4, 0.5) is 11.5 Å². The second-order valence-corrected chi connectivity index (χ2v) is 9.55. The van der Waals surface area contributed by atoms with Crippen molar-refractivity contribution in [1.29, 1.82) is 0 Å². The number of likely N-dealkylation sites (tertiary alicyclic amines) is 2. The van der Waals surface area contributed by atoms with Gasteiger partial charge < -0.3 is 15.1 Å². The van der Waals surface area contributed by atoms with Crippen LogP contribution >= 0.6 is 11.5 Å². The summed E-state index contributed by atoms with van der Waals surface area (Å²) in [5.41, 5.74) is 2.24. The van der Waals surface area contributed by atoms with E-state index in [0.717, 1.165) is 41.6 Å². The van der Waals surface area contributed by atoms with E-state index in [0.29, 0.717) is 35.8 Å². The molecule has 2 N–H and O–H groups in total. The molecule has 0 radical (unpaired) electrons. The van der Waals surface area contributed by atoms with E-state index in [2.05, 4.69) is 29.9 Å². The highest BCUT2D eigenvalue weighted by atomic mass is 32.1. The number of H-pyrrole nitrogens is 1. The number of aromatic nitrogens is 5. The van der Waals surface area contributed by atoms with Crippen LogP contribution in [0.1, 0.15) is 29.8 Å². The fraction of sp³-hybridized carbons (Fsp3) is 0.364. The smallest absolute Gasteiger partial charge is 0.274 e. The summed E-state index contributed by atoms with van der Waals surface area (Å²) in [6, 6.07) is 5.79. The Hall–Kier alpha value is -3.60. The highest BCUT2D eigenvalue weighted by Gasteiger charge is 2.47. The Bertz CT molecular complexity index is 1390. The first-order valence-electron chi connectivity index (χ1n) is 10.9. The molecule has 0 bridgehead atoms. The molecule has 10 nitrogen and oxygen atoms in total. The molecular weight excluding hydrogens is 440 g/mol. The van der Waals surface area contributed by atoms with E-state index in [9.17, 15) is 9.59 Å². The lowest BCUT2D eigenvalue weighted by atomic mass is 9.77. The molecule has 0 aliphatic carbocycles. The number of rotatable bonds is 3. The maximum absolute atomic E-state index is 13.2. The zero-order valence-electron chi connectivity index (χ0n) is 18.0. The fourth-order valence-electron chi connectivity index (χ4n) is 4.90. The minimum atomic E-state index is -0.280. The third-order valence-corrected chi connectivity index (χ3v) is 7.68. The lowest BCUT2D eigenvalue weighted by molar-refractivity contribution is -0.137. The van der Waals surface area contributed by atoms with Crippen molar-refractivity contribution >= 4 is 56.1 Å². The first-order valence-corrected chi connectivity index (χ1v) is 11.7. The molecule has 0 atom stereocenters. The van der Waals surface area contributed by atoms with Gasteiger partial charge in [-0.1, -0.05) is 0 Å². The van der Waals surface area contributed by atoms with Crippen molar-refractivity contribution in [2.24, 2.45) is 5.41 Å². The van der Waals surface area contributed by atoms with Crippen LogP contribution in [0.5, 0.6) is 0 Å². The van der Waals surface area contributed by atoms with Gasteiger partial charge in [-0.3, -0.25) is 14.7 Å². The van der Waals surface area contributed by atoms with Gasteiger partial charge in [0.25, 0.3) is 5.91 Å². The van der Waals surface area contributed by atoms with E-state index in [1.807, 2.05) is 35.0 Å². The number of carbonyl (C=O) groups excluding carboxylic acids is 2. The largest absolute Gasteiger partial charge is 0.345 e. The van der Waals surface area contributed by atoms with Crippen molar-refractivity contribution in [2.75, 3.05) is 32.0 Å². The number of nitrogens with zero attached hydrogens (tertiary/aromatic N) is 6. The van der Waals surface area contributed by atoms with E-state index in [-0.39, 0.29) is 17.2 Å². The Labute approximate surface area is 193 Å². The molecule has 1 aromatic carbocycles. The number of piperidine rings is 1. The zero-order chi connectivity index (χ0) is 22.6. The minimum absolute atomic E-state index is 0.0644. The molecule has 11 heteroatoms. The molecule has 2 amide bonds. The summed E-state index contributed by atoms with van der Waals surface area (Å²) >= 11 is 1.30. The Balaban J connectivity index is 1.20. The third kappa shape index (κ3) is 3.22. The molecule has 2 aliphatic heterocycles. The summed E-state index contributed by atoms with van der Waals surface area (Å²) in [7, 11) is 1.86. The SMILES string of the molecule is CN1CCC2(CCN(C(=O)c3nsc4cc(Nc5[nH]nc6nccnc56)ccc34)CC2)C1=O. The van der Waals surface area contributed by atoms with Gasteiger partial charge in [0, 0.05) is 50.1 Å². The van der Waals surface area contributed by atoms with E-state index in [1.165, 1.54) is 11.5 Å². The molecule has 2 aliphatic rings. The van der Waals surface area contributed by atoms with Crippen LogP contribution in [0, 0.1) is 5.41 Å². The van der Waals surface area contributed by atoms with Crippen LogP contribution in [0.2, 0.25) is 0 Å².